The largest absolute Gasteiger partial charge is 0.341 e. The molecule has 2 heterocycles. The predicted molar refractivity (Wildman–Crippen MR) is 121 cm³/mol. The molecule has 1 saturated heterocycles. The van der Waals surface area contributed by atoms with Crippen molar-refractivity contribution in [2.45, 2.75) is 13.3 Å². The van der Waals surface area contributed by atoms with Crippen molar-refractivity contribution >= 4 is 11.8 Å². The van der Waals surface area contributed by atoms with E-state index >= 15 is 0 Å². The Kier molecular flexibility index (Phi) is 6.59. The van der Waals surface area contributed by atoms with Crippen molar-refractivity contribution in [3.8, 4) is 11.1 Å². The number of carbonyl (C=O) groups is 2. The summed E-state index contributed by atoms with van der Waals surface area (Å²) in [5, 5.41) is 0. The molecule has 5 nitrogen and oxygen atoms in total. The second-order valence-corrected chi connectivity index (χ2v) is 8.01. The number of amides is 2. The lowest BCUT2D eigenvalue weighted by Crippen LogP contribution is -2.37. The maximum Gasteiger partial charge on any atom is 0.254 e. The molecule has 164 valence electrons. The van der Waals surface area contributed by atoms with Crippen molar-refractivity contribution in [3.05, 3.63) is 90.0 Å². The van der Waals surface area contributed by atoms with Gasteiger partial charge in [-0.1, -0.05) is 36.4 Å². The second-order valence-electron chi connectivity index (χ2n) is 8.01. The van der Waals surface area contributed by atoms with E-state index in [-0.39, 0.29) is 23.5 Å². The first-order chi connectivity index (χ1) is 15.5. The fourth-order valence-electron chi connectivity index (χ4n) is 4.18. The van der Waals surface area contributed by atoms with Crippen LogP contribution >= 0.6 is 0 Å². The lowest BCUT2D eigenvalue weighted by Gasteiger charge is -2.24. The first kappa shape index (κ1) is 21.7. The Morgan fingerprint density at radius 2 is 1.78 bits per heavy atom. The summed E-state index contributed by atoms with van der Waals surface area (Å²) in [6.07, 6.45) is 3.74. The summed E-state index contributed by atoms with van der Waals surface area (Å²) in [7, 11) is 0. The molecule has 0 radical (unpaired) electrons. The van der Waals surface area contributed by atoms with E-state index in [1.54, 1.807) is 41.6 Å². The summed E-state index contributed by atoms with van der Waals surface area (Å²) in [4.78, 5) is 33.9. The highest BCUT2D eigenvalue weighted by Gasteiger charge is 2.32. The molecule has 0 N–H and O–H groups in total. The summed E-state index contributed by atoms with van der Waals surface area (Å²) < 4.78 is 13.3. The quantitative estimate of drug-likeness (QED) is 0.612. The average Bonchev–Trinajstić information content (AvgIpc) is 2.98. The standard InChI is InChI=1S/C26H26FN3O2/c1-2-29-14-15-30(25(31)21-10-12-28-13-11-21)18-23(26(29)32)17-19-4-3-5-22(16-19)20-6-8-24(27)9-7-20/h3-13,16,23H,2,14-15,17-18H2,1H3. The number of nitrogens with zero attached hydrogens (tertiary/aromatic N) is 3. The van der Waals surface area contributed by atoms with Gasteiger partial charge in [-0.05, 0) is 54.3 Å². The average molecular weight is 432 g/mol. The van der Waals surface area contributed by atoms with Crippen LogP contribution in [0.1, 0.15) is 22.8 Å². The molecule has 0 aliphatic carbocycles. The number of hydrogen-bond donors (Lipinski definition) is 0. The number of rotatable bonds is 5. The molecule has 2 aromatic carbocycles. The summed E-state index contributed by atoms with van der Waals surface area (Å²) in [5.74, 6) is -0.604. The first-order valence-electron chi connectivity index (χ1n) is 10.9. The highest BCUT2D eigenvalue weighted by atomic mass is 19.1. The van der Waals surface area contributed by atoms with Gasteiger partial charge in [0, 0.05) is 44.1 Å². The van der Waals surface area contributed by atoms with Crippen molar-refractivity contribution in [2.24, 2.45) is 5.92 Å². The lowest BCUT2D eigenvalue weighted by atomic mass is 9.94. The third-order valence-electron chi connectivity index (χ3n) is 5.92. The van der Waals surface area contributed by atoms with E-state index in [1.165, 1.54) is 12.1 Å². The van der Waals surface area contributed by atoms with Gasteiger partial charge in [-0.3, -0.25) is 14.6 Å². The minimum Gasteiger partial charge on any atom is -0.341 e. The molecule has 0 bridgehead atoms. The number of benzene rings is 2. The minimum atomic E-state index is -0.327. The molecule has 1 aliphatic rings. The lowest BCUT2D eigenvalue weighted by molar-refractivity contribution is -0.134. The molecule has 4 rings (SSSR count). The molecule has 1 atom stereocenters. The van der Waals surface area contributed by atoms with Gasteiger partial charge in [0.15, 0.2) is 0 Å². The van der Waals surface area contributed by atoms with Gasteiger partial charge < -0.3 is 9.80 Å². The van der Waals surface area contributed by atoms with Gasteiger partial charge >= 0.3 is 0 Å². The first-order valence-corrected chi connectivity index (χ1v) is 10.9. The normalized spacial score (nSPS) is 16.7. The van der Waals surface area contributed by atoms with Gasteiger partial charge in [-0.25, -0.2) is 4.39 Å². The van der Waals surface area contributed by atoms with Crippen LogP contribution in [0.4, 0.5) is 4.39 Å². The topological polar surface area (TPSA) is 53.5 Å². The molecule has 2 amide bonds. The van der Waals surface area contributed by atoms with Crippen LogP contribution in [0, 0.1) is 11.7 Å². The zero-order valence-electron chi connectivity index (χ0n) is 18.1. The van der Waals surface area contributed by atoms with Crippen molar-refractivity contribution in [2.75, 3.05) is 26.2 Å². The van der Waals surface area contributed by atoms with Crippen molar-refractivity contribution in [1.82, 2.24) is 14.8 Å². The Hall–Kier alpha value is -3.54. The van der Waals surface area contributed by atoms with Gasteiger partial charge in [-0.2, -0.15) is 0 Å². The molecular weight excluding hydrogens is 405 g/mol. The summed E-state index contributed by atoms with van der Waals surface area (Å²) in [6, 6.07) is 17.8. The fraction of sp³-hybridized carbons (Fsp3) is 0.269. The van der Waals surface area contributed by atoms with E-state index in [2.05, 4.69) is 4.98 Å². The third kappa shape index (κ3) is 4.85. The monoisotopic (exact) mass is 431 g/mol. The van der Waals surface area contributed by atoms with E-state index in [0.717, 1.165) is 16.7 Å². The molecule has 0 spiro atoms. The zero-order valence-corrected chi connectivity index (χ0v) is 18.1. The number of hydrogen-bond acceptors (Lipinski definition) is 3. The van der Waals surface area contributed by atoms with E-state index in [1.807, 2.05) is 36.1 Å². The van der Waals surface area contributed by atoms with Crippen LogP contribution in [0.15, 0.2) is 73.1 Å². The molecule has 1 fully saturated rings. The smallest absolute Gasteiger partial charge is 0.254 e. The molecule has 32 heavy (non-hydrogen) atoms. The van der Waals surface area contributed by atoms with E-state index in [0.29, 0.717) is 38.2 Å². The molecule has 1 aliphatic heterocycles. The van der Waals surface area contributed by atoms with Gasteiger partial charge in [-0.15, -0.1) is 0 Å². The fourth-order valence-corrected chi connectivity index (χ4v) is 4.18. The Balaban J connectivity index is 1.57. The molecule has 0 saturated carbocycles. The Bertz CT molecular complexity index is 1090. The van der Waals surface area contributed by atoms with Crippen molar-refractivity contribution in [1.29, 1.82) is 0 Å². The SMILES string of the molecule is CCN1CCN(C(=O)c2ccncc2)CC(Cc2cccc(-c3ccc(F)cc3)c2)C1=O. The van der Waals surface area contributed by atoms with Crippen LogP contribution in [-0.4, -0.2) is 52.8 Å². The van der Waals surface area contributed by atoms with Crippen LogP contribution < -0.4 is 0 Å². The highest BCUT2D eigenvalue weighted by Crippen LogP contribution is 2.24. The zero-order chi connectivity index (χ0) is 22.5. The van der Waals surface area contributed by atoms with Crippen LogP contribution in [0.25, 0.3) is 11.1 Å². The Morgan fingerprint density at radius 1 is 1.03 bits per heavy atom. The van der Waals surface area contributed by atoms with Gasteiger partial charge in [0.05, 0.1) is 5.92 Å². The third-order valence-corrected chi connectivity index (χ3v) is 5.92. The van der Waals surface area contributed by atoms with Gasteiger partial charge in [0.2, 0.25) is 5.91 Å². The van der Waals surface area contributed by atoms with E-state index < -0.39 is 0 Å². The van der Waals surface area contributed by atoms with Crippen LogP contribution in [0.2, 0.25) is 0 Å². The summed E-state index contributed by atoms with van der Waals surface area (Å²) in [6.45, 7) is 3.98. The summed E-state index contributed by atoms with van der Waals surface area (Å²) in [5.41, 5.74) is 3.49. The van der Waals surface area contributed by atoms with Crippen LogP contribution in [-0.2, 0) is 11.2 Å². The van der Waals surface area contributed by atoms with Crippen LogP contribution in [0.3, 0.4) is 0 Å². The number of pyridine rings is 1. The van der Waals surface area contributed by atoms with Crippen molar-refractivity contribution in [3.63, 3.8) is 0 Å². The molecule has 1 aromatic heterocycles. The van der Waals surface area contributed by atoms with Crippen molar-refractivity contribution < 1.29 is 14.0 Å². The number of likely N-dealkylation sites (N-methyl/N-ethyl adjacent to an activating group) is 1. The molecule has 3 aromatic rings. The van der Waals surface area contributed by atoms with E-state index in [4.69, 9.17) is 0 Å². The predicted octanol–water partition coefficient (Wildman–Crippen LogP) is 4.05. The maximum absolute atomic E-state index is 13.3. The van der Waals surface area contributed by atoms with Crippen LogP contribution in [0.5, 0.6) is 0 Å². The minimum absolute atomic E-state index is 0.0738. The van der Waals surface area contributed by atoms with Gasteiger partial charge in [0.25, 0.3) is 5.91 Å². The number of halogens is 1. The Labute approximate surface area is 187 Å². The summed E-state index contributed by atoms with van der Waals surface area (Å²) >= 11 is 0. The molecule has 6 heteroatoms. The maximum atomic E-state index is 13.3. The van der Waals surface area contributed by atoms with E-state index in [9.17, 15) is 14.0 Å². The molecule has 1 unspecified atom stereocenters. The Morgan fingerprint density at radius 3 is 2.50 bits per heavy atom. The number of carbonyl (C=O) groups excluding carboxylic acids is 2. The molecular formula is C26H26FN3O2. The number of aromatic nitrogens is 1. The highest BCUT2D eigenvalue weighted by molar-refractivity contribution is 5.94. The second kappa shape index (κ2) is 9.73. The van der Waals surface area contributed by atoms with Gasteiger partial charge in [0.1, 0.15) is 5.82 Å².